The minimum Gasteiger partial charge on any atom is -0.330 e. The molecule has 1 aromatic heterocycles. The summed E-state index contributed by atoms with van der Waals surface area (Å²) in [5.41, 5.74) is 7.67. The molecule has 0 saturated heterocycles. The monoisotopic (exact) mass is 250 g/mol. The minimum atomic E-state index is 0.0973. The molecule has 1 amide bonds. The second kappa shape index (κ2) is 5.52. The highest BCUT2D eigenvalue weighted by atomic mass is 16.2. The van der Waals surface area contributed by atoms with Crippen LogP contribution in [0.5, 0.6) is 0 Å². The number of anilines is 1. The molecule has 1 aliphatic rings. The second-order valence-electron chi connectivity index (χ2n) is 5.26. The van der Waals surface area contributed by atoms with Crippen molar-refractivity contribution in [3.05, 3.63) is 11.3 Å². The topological polar surface area (TPSA) is 83.8 Å². The van der Waals surface area contributed by atoms with Gasteiger partial charge in [-0.05, 0) is 52.0 Å². The van der Waals surface area contributed by atoms with E-state index in [1.807, 2.05) is 13.8 Å². The Morgan fingerprint density at radius 1 is 1.39 bits per heavy atom. The van der Waals surface area contributed by atoms with E-state index in [9.17, 15) is 4.79 Å². The van der Waals surface area contributed by atoms with E-state index in [-0.39, 0.29) is 11.8 Å². The molecule has 18 heavy (non-hydrogen) atoms. The first-order chi connectivity index (χ1) is 8.61. The average molecular weight is 250 g/mol. The highest BCUT2D eigenvalue weighted by molar-refractivity contribution is 5.92. The van der Waals surface area contributed by atoms with Gasteiger partial charge in [0.05, 0.1) is 0 Å². The molecular weight excluding hydrogens is 228 g/mol. The van der Waals surface area contributed by atoms with Gasteiger partial charge >= 0.3 is 0 Å². The van der Waals surface area contributed by atoms with Crippen molar-refractivity contribution in [2.75, 3.05) is 11.9 Å². The molecule has 0 unspecified atom stereocenters. The van der Waals surface area contributed by atoms with Crippen LogP contribution >= 0.6 is 0 Å². The lowest BCUT2D eigenvalue weighted by Crippen LogP contribution is -2.29. The number of aromatic nitrogens is 2. The molecule has 0 spiro atoms. The lowest BCUT2D eigenvalue weighted by molar-refractivity contribution is -0.121. The summed E-state index contributed by atoms with van der Waals surface area (Å²) in [5, 5.41) is 9.91. The van der Waals surface area contributed by atoms with E-state index in [1.54, 1.807) is 0 Å². The Morgan fingerprint density at radius 3 is 2.56 bits per heavy atom. The third-order valence-electron chi connectivity index (χ3n) is 4.05. The molecule has 1 aromatic rings. The van der Waals surface area contributed by atoms with Crippen molar-refractivity contribution in [1.29, 1.82) is 0 Å². The molecule has 0 bridgehead atoms. The molecule has 0 aliphatic heterocycles. The molecule has 1 aliphatic carbocycles. The standard InChI is InChI=1S/C13H22N4O/c1-8-9(2)16-17-12(8)15-13(18)11-5-3-10(7-14)4-6-11/h10-11H,3-7,14H2,1-2H3,(H2,15,16,17,18). The maximum absolute atomic E-state index is 12.1. The average Bonchev–Trinajstić information content (AvgIpc) is 2.71. The summed E-state index contributed by atoms with van der Waals surface area (Å²) in [7, 11) is 0. The van der Waals surface area contributed by atoms with E-state index in [0.29, 0.717) is 11.7 Å². The second-order valence-corrected chi connectivity index (χ2v) is 5.26. The fraction of sp³-hybridized carbons (Fsp3) is 0.692. The first-order valence-corrected chi connectivity index (χ1v) is 6.64. The summed E-state index contributed by atoms with van der Waals surface area (Å²) >= 11 is 0. The molecule has 4 N–H and O–H groups in total. The van der Waals surface area contributed by atoms with Gasteiger partial charge < -0.3 is 11.1 Å². The summed E-state index contributed by atoms with van der Waals surface area (Å²) < 4.78 is 0. The Bertz CT molecular complexity index is 419. The quantitative estimate of drug-likeness (QED) is 0.764. The van der Waals surface area contributed by atoms with Crippen LogP contribution in [0.25, 0.3) is 0 Å². The van der Waals surface area contributed by atoms with E-state index >= 15 is 0 Å². The summed E-state index contributed by atoms with van der Waals surface area (Å²) in [5.74, 6) is 1.48. The van der Waals surface area contributed by atoms with Gasteiger partial charge in [-0.3, -0.25) is 9.89 Å². The van der Waals surface area contributed by atoms with E-state index in [4.69, 9.17) is 5.73 Å². The van der Waals surface area contributed by atoms with Gasteiger partial charge in [-0.15, -0.1) is 0 Å². The van der Waals surface area contributed by atoms with Gasteiger partial charge in [-0.2, -0.15) is 5.10 Å². The molecule has 0 aromatic carbocycles. The van der Waals surface area contributed by atoms with Crippen LogP contribution in [-0.4, -0.2) is 22.6 Å². The Hall–Kier alpha value is -1.36. The van der Waals surface area contributed by atoms with Crippen LogP contribution in [0.4, 0.5) is 5.82 Å². The number of nitrogens with two attached hydrogens (primary N) is 1. The molecule has 5 nitrogen and oxygen atoms in total. The molecule has 0 atom stereocenters. The van der Waals surface area contributed by atoms with E-state index in [2.05, 4.69) is 15.5 Å². The largest absolute Gasteiger partial charge is 0.330 e. The predicted octanol–water partition coefficient (Wildman–Crippen LogP) is 1.73. The normalized spacial score (nSPS) is 23.9. The fourth-order valence-corrected chi connectivity index (χ4v) is 2.49. The third-order valence-corrected chi connectivity index (χ3v) is 4.05. The lowest BCUT2D eigenvalue weighted by Gasteiger charge is -2.26. The Kier molecular flexibility index (Phi) is 4.01. The number of carbonyl (C=O) groups is 1. The lowest BCUT2D eigenvalue weighted by atomic mass is 9.81. The van der Waals surface area contributed by atoms with Crippen molar-refractivity contribution < 1.29 is 4.79 Å². The van der Waals surface area contributed by atoms with Crippen LogP contribution in [0.2, 0.25) is 0 Å². The van der Waals surface area contributed by atoms with Gasteiger partial charge in [0.15, 0.2) is 5.82 Å². The molecule has 100 valence electrons. The predicted molar refractivity (Wildman–Crippen MR) is 71.2 cm³/mol. The zero-order valence-corrected chi connectivity index (χ0v) is 11.1. The summed E-state index contributed by atoms with van der Waals surface area (Å²) in [6.45, 7) is 4.65. The highest BCUT2D eigenvalue weighted by Crippen LogP contribution is 2.29. The van der Waals surface area contributed by atoms with Gasteiger partial charge in [0.2, 0.25) is 5.91 Å². The highest BCUT2D eigenvalue weighted by Gasteiger charge is 2.26. The maximum Gasteiger partial charge on any atom is 0.228 e. The third kappa shape index (κ3) is 2.72. The molecule has 1 saturated carbocycles. The number of amides is 1. The molecule has 1 fully saturated rings. The van der Waals surface area contributed by atoms with Crippen molar-refractivity contribution in [3.63, 3.8) is 0 Å². The number of nitrogens with zero attached hydrogens (tertiary/aromatic N) is 1. The summed E-state index contributed by atoms with van der Waals surface area (Å²) in [6.07, 6.45) is 4.01. The first-order valence-electron chi connectivity index (χ1n) is 6.64. The number of nitrogens with one attached hydrogen (secondary N) is 2. The fourth-order valence-electron chi connectivity index (χ4n) is 2.49. The van der Waals surface area contributed by atoms with E-state index in [1.165, 1.54) is 0 Å². The van der Waals surface area contributed by atoms with Crippen LogP contribution in [0.3, 0.4) is 0 Å². The summed E-state index contributed by atoms with van der Waals surface area (Å²) in [6, 6.07) is 0. The zero-order valence-electron chi connectivity index (χ0n) is 11.1. The number of rotatable bonds is 3. The van der Waals surface area contributed by atoms with Gasteiger partial charge in [-0.25, -0.2) is 0 Å². The molecule has 2 rings (SSSR count). The molecule has 1 heterocycles. The Balaban J connectivity index is 1.91. The number of hydrogen-bond acceptors (Lipinski definition) is 3. The first kappa shape index (κ1) is 13.1. The zero-order chi connectivity index (χ0) is 13.1. The van der Waals surface area contributed by atoms with Gasteiger partial charge in [0.1, 0.15) is 0 Å². The maximum atomic E-state index is 12.1. The number of H-pyrrole nitrogens is 1. The number of carbonyl (C=O) groups excluding carboxylic acids is 1. The Morgan fingerprint density at radius 2 is 2.06 bits per heavy atom. The minimum absolute atomic E-state index is 0.0973. The van der Waals surface area contributed by atoms with Gasteiger partial charge in [-0.1, -0.05) is 0 Å². The van der Waals surface area contributed by atoms with Gasteiger partial charge in [0.25, 0.3) is 0 Å². The van der Waals surface area contributed by atoms with Crippen LogP contribution in [-0.2, 0) is 4.79 Å². The van der Waals surface area contributed by atoms with Crippen molar-refractivity contribution in [3.8, 4) is 0 Å². The number of aromatic amines is 1. The smallest absolute Gasteiger partial charge is 0.228 e. The van der Waals surface area contributed by atoms with E-state index in [0.717, 1.165) is 43.5 Å². The van der Waals surface area contributed by atoms with Crippen molar-refractivity contribution in [2.24, 2.45) is 17.6 Å². The van der Waals surface area contributed by atoms with Crippen LogP contribution in [0, 0.1) is 25.7 Å². The van der Waals surface area contributed by atoms with Crippen molar-refractivity contribution in [1.82, 2.24) is 10.2 Å². The van der Waals surface area contributed by atoms with Crippen molar-refractivity contribution >= 4 is 11.7 Å². The van der Waals surface area contributed by atoms with Gasteiger partial charge in [0, 0.05) is 17.2 Å². The molecule has 5 heteroatoms. The molecule has 0 radical (unpaired) electrons. The van der Waals surface area contributed by atoms with Crippen LogP contribution in [0.1, 0.15) is 36.9 Å². The number of hydrogen-bond donors (Lipinski definition) is 3. The molecular formula is C13H22N4O. The van der Waals surface area contributed by atoms with Crippen LogP contribution < -0.4 is 11.1 Å². The van der Waals surface area contributed by atoms with E-state index < -0.39 is 0 Å². The SMILES string of the molecule is Cc1[nH]nc(NC(=O)C2CCC(CN)CC2)c1C. The number of aryl methyl sites for hydroxylation is 1. The Labute approximate surface area is 108 Å². The van der Waals surface area contributed by atoms with Crippen molar-refractivity contribution in [2.45, 2.75) is 39.5 Å². The summed E-state index contributed by atoms with van der Waals surface area (Å²) in [4.78, 5) is 12.1. The van der Waals surface area contributed by atoms with Crippen LogP contribution in [0.15, 0.2) is 0 Å².